The number of nitrogens with two attached hydrogens (primary N) is 1. The molecule has 4 N–H and O–H groups in total. The van der Waals surface area contributed by atoms with E-state index in [2.05, 4.69) is 20.4 Å². The van der Waals surface area contributed by atoms with E-state index < -0.39 is 0 Å². The van der Waals surface area contributed by atoms with Crippen molar-refractivity contribution in [1.29, 1.82) is 0 Å². The average Bonchev–Trinajstić information content (AvgIpc) is 2.87. The fourth-order valence-corrected chi connectivity index (χ4v) is 2.82. The van der Waals surface area contributed by atoms with E-state index in [0.29, 0.717) is 12.2 Å². The molecule has 0 atom stereocenters. The summed E-state index contributed by atoms with van der Waals surface area (Å²) in [6, 6.07) is 0.160. The van der Waals surface area contributed by atoms with Gasteiger partial charge in [0.15, 0.2) is 5.84 Å². The largest absolute Gasteiger partial charge is 0.409 e. The number of carbonyl (C=O) groups excluding carboxylic acids is 1. The molecule has 1 aliphatic heterocycles. The number of aryl methyl sites for hydroxylation is 1. The highest BCUT2D eigenvalue weighted by atomic mass is 32.1. The molecule has 110 valence electrons. The average molecular weight is 297 g/mol. The number of amides is 1. The first-order valence-electron chi connectivity index (χ1n) is 6.50. The SMILES string of the molecule is Cc1nc(C(=O)NC2CCN(CC(N)=NO)CC2)cs1. The summed E-state index contributed by atoms with van der Waals surface area (Å²) in [6.07, 6.45) is 1.71. The molecule has 0 saturated carbocycles. The summed E-state index contributed by atoms with van der Waals surface area (Å²) >= 11 is 1.47. The highest BCUT2D eigenvalue weighted by Crippen LogP contribution is 2.12. The number of oxime groups is 1. The van der Waals surface area contributed by atoms with Crippen molar-refractivity contribution >= 4 is 23.1 Å². The molecule has 0 radical (unpaired) electrons. The van der Waals surface area contributed by atoms with Gasteiger partial charge in [0.2, 0.25) is 0 Å². The molecule has 1 aliphatic rings. The summed E-state index contributed by atoms with van der Waals surface area (Å²) in [5.74, 6) is 0.106. The van der Waals surface area contributed by atoms with Crippen LogP contribution in [0.3, 0.4) is 0 Å². The van der Waals surface area contributed by atoms with E-state index in [-0.39, 0.29) is 17.8 Å². The van der Waals surface area contributed by atoms with Crippen LogP contribution in [-0.2, 0) is 0 Å². The predicted molar refractivity (Wildman–Crippen MR) is 77.2 cm³/mol. The first kappa shape index (κ1) is 14.7. The highest BCUT2D eigenvalue weighted by molar-refractivity contribution is 7.09. The molecule has 20 heavy (non-hydrogen) atoms. The maximum atomic E-state index is 12.0. The normalized spacial score (nSPS) is 18.1. The Morgan fingerprint density at radius 2 is 2.35 bits per heavy atom. The third kappa shape index (κ3) is 3.91. The lowest BCUT2D eigenvalue weighted by atomic mass is 10.0. The summed E-state index contributed by atoms with van der Waals surface area (Å²) in [5, 5.41) is 17.2. The molecule has 0 bridgehead atoms. The number of nitrogens with zero attached hydrogens (tertiary/aromatic N) is 3. The van der Waals surface area contributed by atoms with Crippen molar-refractivity contribution in [1.82, 2.24) is 15.2 Å². The van der Waals surface area contributed by atoms with Gasteiger partial charge in [-0.05, 0) is 19.8 Å². The zero-order valence-corrected chi connectivity index (χ0v) is 12.2. The first-order valence-corrected chi connectivity index (χ1v) is 7.38. The number of hydrogen-bond donors (Lipinski definition) is 3. The first-order chi connectivity index (χ1) is 9.58. The predicted octanol–water partition coefficient (Wildman–Crippen LogP) is 0.392. The number of nitrogens with one attached hydrogen (secondary N) is 1. The quantitative estimate of drug-likeness (QED) is 0.323. The molecule has 2 rings (SSSR count). The molecular weight excluding hydrogens is 278 g/mol. The standard InChI is InChI=1S/C12H19N5O2S/c1-8-14-10(7-20-8)12(18)15-9-2-4-17(5-3-9)6-11(13)16-19/h7,9,19H,2-6H2,1H3,(H2,13,16)(H,15,18). The van der Waals surface area contributed by atoms with E-state index in [4.69, 9.17) is 10.9 Å². The number of carbonyl (C=O) groups is 1. The molecule has 1 saturated heterocycles. The molecule has 1 fully saturated rings. The minimum absolute atomic E-state index is 0.107. The molecule has 1 aromatic heterocycles. The number of amidine groups is 1. The summed E-state index contributed by atoms with van der Waals surface area (Å²) in [7, 11) is 0. The Kier molecular flexibility index (Phi) is 4.91. The zero-order chi connectivity index (χ0) is 14.5. The second-order valence-corrected chi connectivity index (χ2v) is 5.93. The fourth-order valence-electron chi connectivity index (χ4n) is 2.22. The Morgan fingerprint density at radius 3 is 2.90 bits per heavy atom. The molecule has 0 aromatic carbocycles. The number of hydrogen-bond acceptors (Lipinski definition) is 6. The minimum Gasteiger partial charge on any atom is -0.409 e. The Morgan fingerprint density at radius 1 is 1.65 bits per heavy atom. The molecule has 0 spiro atoms. The molecule has 0 unspecified atom stereocenters. The minimum atomic E-state index is -0.107. The van der Waals surface area contributed by atoms with Crippen LogP contribution in [-0.4, -0.2) is 52.5 Å². The fraction of sp³-hybridized carbons (Fsp3) is 0.583. The number of thiazole rings is 1. The summed E-state index contributed by atoms with van der Waals surface area (Å²) < 4.78 is 0. The Labute approximate surface area is 121 Å². The van der Waals surface area contributed by atoms with Crippen LogP contribution in [0.25, 0.3) is 0 Å². The Bertz CT molecular complexity index is 494. The maximum Gasteiger partial charge on any atom is 0.270 e. The maximum absolute atomic E-state index is 12.0. The van der Waals surface area contributed by atoms with Crippen molar-refractivity contribution in [3.63, 3.8) is 0 Å². The van der Waals surface area contributed by atoms with Gasteiger partial charge in [0.25, 0.3) is 5.91 Å². The van der Waals surface area contributed by atoms with Crippen LogP contribution in [0.1, 0.15) is 28.3 Å². The van der Waals surface area contributed by atoms with Crippen LogP contribution in [0.5, 0.6) is 0 Å². The second-order valence-electron chi connectivity index (χ2n) is 4.87. The Balaban J connectivity index is 1.78. The van der Waals surface area contributed by atoms with Crippen LogP contribution < -0.4 is 11.1 Å². The number of piperidine rings is 1. The summed E-state index contributed by atoms with van der Waals surface area (Å²) in [6.45, 7) is 3.98. The van der Waals surface area contributed by atoms with E-state index in [0.717, 1.165) is 30.9 Å². The lowest BCUT2D eigenvalue weighted by Gasteiger charge is -2.31. The third-order valence-electron chi connectivity index (χ3n) is 3.29. The molecule has 0 aliphatic carbocycles. The van der Waals surface area contributed by atoms with Gasteiger partial charge in [-0.1, -0.05) is 5.16 Å². The summed E-state index contributed by atoms with van der Waals surface area (Å²) in [4.78, 5) is 18.3. The monoisotopic (exact) mass is 297 g/mol. The zero-order valence-electron chi connectivity index (χ0n) is 11.4. The van der Waals surface area contributed by atoms with Crippen molar-refractivity contribution in [2.75, 3.05) is 19.6 Å². The van der Waals surface area contributed by atoms with E-state index >= 15 is 0 Å². The van der Waals surface area contributed by atoms with Crippen LogP contribution in [0.2, 0.25) is 0 Å². The van der Waals surface area contributed by atoms with Crippen LogP contribution >= 0.6 is 11.3 Å². The topological polar surface area (TPSA) is 104 Å². The number of likely N-dealkylation sites (tertiary alicyclic amines) is 1. The van der Waals surface area contributed by atoms with Crippen LogP contribution in [0, 0.1) is 6.92 Å². The van der Waals surface area contributed by atoms with Crippen molar-refractivity contribution in [2.45, 2.75) is 25.8 Å². The highest BCUT2D eigenvalue weighted by Gasteiger charge is 2.22. The molecule has 1 aromatic rings. The smallest absolute Gasteiger partial charge is 0.270 e. The molecule has 7 nitrogen and oxygen atoms in total. The summed E-state index contributed by atoms with van der Waals surface area (Å²) in [5.41, 5.74) is 5.97. The van der Waals surface area contributed by atoms with E-state index in [1.165, 1.54) is 11.3 Å². The number of aromatic nitrogens is 1. The van der Waals surface area contributed by atoms with Crippen LogP contribution in [0.15, 0.2) is 10.5 Å². The van der Waals surface area contributed by atoms with Gasteiger partial charge in [-0.3, -0.25) is 9.69 Å². The van der Waals surface area contributed by atoms with E-state index in [9.17, 15) is 4.79 Å². The van der Waals surface area contributed by atoms with Crippen molar-refractivity contribution in [3.05, 3.63) is 16.1 Å². The lowest BCUT2D eigenvalue weighted by molar-refractivity contribution is 0.0910. The van der Waals surface area contributed by atoms with Gasteiger partial charge in [0.05, 0.1) is 11.6 Å². The van der Waals surface area contributed by atoms with Gasteiger partial charge in [-0.2, -0.15) is 0 Å². The van der Waals surface area contributed by atoms with Crippen LogP contribution in [0.4, 0.5) is 0 Å². The molecule has 1 amide bonds. The van der Waals surface area contributed by atoms with Crippen molar-refractivity contribution in [2.24, 2.45) is 10.9 Å². The van der Waals surface area contributed by atoms with Crippen molar-refractivity contribution < 1.29 is 10.0 Å². The van der Waals surface area contributed by atoms with Gasteiger partial charge in [-0.15, -0.1) is 11.3 Å². The second kappa shape index (κ2) is 6.67. The third-order valence-corrected chi connectivity index (χ3v) is 4.06. The lowest BCUT2D eigenvalue weighted by Crippen LogP contribution is -2.46. The van der Waals surface area contributed by atoms with E-state index in [1.54, 1.807) is 5.38 Å². The van der Waals surface area contributed by atoms with Gasteiger partial charge >= 0.3 is 0 Å². The molecule has 8 heteroatoms. The van der Waals surface area contributed by atoms with Gasteiger partial charge in [0.1, 0.15) is 5.69 Å². The van der Waals surface area contributed by atoms with Gasteiger partial charge in [-0.25, -0.2) is 4.98 Å². The van der Waals surface area contributed by atoms with E-state index in [1.807, 2.05) is 6.92 Å². The Hall–Kier alpha value is -1.67. The molecular formula is C12H19N5O2S. The van der Waals surface area contributed by atoms with Gasteiger partial charge < -0.3 is 16.3 Å². The number of rotatable bonds is 4. The van der Waals surface area contributed by atoms with Gasteiger partial charge in [0, 0.05) is 24.5 Å². The molecule has 2 heterocycles. The van der Waals surface area contributed by atoms with Crippen molar-refractivity contribution in [3.8, 4) is 0 Å².